The molecule has 0 bridgehead atoms. The Hall–Kier alpha value is -2.66. The Morgan fingerprint density at radius 1 is 1.05 bits per heavy atom. The summed E-state index contributed by atoms with van der Waals surface area (Å²) in [5.41, 5.74) is 1.52. The molecule has 1 heterocycles. The Bertz CT molecular complexity index is 770. The summed E-state index contributed by atoms with van der Waals surface area (Å²) >= 11 is 5.78. The van der Waals surface area contributed by atoms with Crippen molar-refractivity contribution < 1.29 is 9.21 Å². The lowest BCUT2D eigenvalue weighted by Crippen LogP contribution is -2.11. The molecule has 1 N–H and O–H groups in total. The van der Waals surface area contributed by atoms with Crippen LogP contribution in [0.15, 0.2) is 59.0 Å². The van der Waals surface area contributed by atoms with Crippen molar-refractivity contribution >= 4 is 23.5 Å². The summed E-state index contributed by atoms with van der Waals surface area (Å²) in [6.45, 7) is 0. The monoisotopic (exact) mass is 313 g/mol. The summed E-state index contributed by atoms with van der Waals surface area (Å²) in [6, 6.07) is 16.4. The van der Waals surface area contributed by atoms with Gasteiger partial charge in [-0.1, -0.05) is 47.0 Å². The SMILES string of the molecule is O=C(Nc1nnc(Cc2ccccc2)o1)c1ccc(Cl)cc1. The van der Waals surface area contributed by atoms with Crippen LogP contribution in [0.25, 0.3) is 0 Å². The summed E-state index contributed by atoms with van der Waals surface area (Å²) in [6.07, 6.45) is 0.519. The molecule has 6 heteroatoms. The first kappa shape index (κ1) is 14.3. The van der Waals surface area contributed by atoms with E-state index < -0.39 is 0 Å². The van der Waals surface area contributed by atoms with E-state index in [1.165, 1.54) is 0 Å². The van der Waals surface area contributed by atoms with Crippen LogP contribution >= 0.6 is 11.6 Å². The second-order valence-corrected chi connectivity index (χ2v) is 5.06. The number of nitrogens with one attached hydrogen (secondary N) is 1. The lowest BCUT2D eigenvalue weighted by Gasteiger charge is -2.00. The molecule has 0 aliphatic carbocycles. The van der Waals surface area contributed by atoms with Crippen molar-refractivity contribution in [1.82, 2.24) is 10.2 Å². The zero-order valence-electron chi connectivity index (χ0n) is 11.5. The first-order chi connectivity index (χ1) is 10.7. The van der Waals surface area contributed by atoms with Crippen molar-refractivity contribution in [2.24, 2.45) is 0 Å². The molecule has 0 aliphatic rings. The molecule has 0 spiro atoms. The van der Waals surface area contributed by atoms with Gasteiger partial charge in [-0.15, -0.1) is 5.10 Å². The number of hydrogen-bond acceptors (Lipinski definition) is 4. The molecule has 0 saturated carbocycles. The van der Waals surface area contributed by atoms with E-state index in [2.05, 4.69) is 15.5 Å². The lowest BCUT2D eigenvalue weighted by molar-refractivity contribution is 0.102. The lowest BCUT2D eigenvalue weighted by atomic mass is 10.2. The standard InChI is InChI=1S/C16H12ClN3O2/c17-13-8-6-12(7-9-13)15(21)18-16-20-19-14(22-16)10-11-4-2-1-3-5-11/h1-9H,10H2,(H,18,20,21). The van der Waals surface area contributed by atoms with Gasteiger partial charge >= 0.3 is 6.01 Å². The third kappa shape index (κ3) is 3.51. The van der Waals surface area contributed by atoms with Crippen molar-refractivity contribution in [3.05, 3.63) is 76.6 Å². The number of halogens is 1. The van der Waals surface area contributed by atoms with Crippen molar-refractivity contribution in [2.45, 2.75) is 6.42 Å². The van der Waals surface area contributed by atoms with Gasteiger partial charge in [0.2, 0.25) is 5.89 Å². The van der Waals surface area contributed by atoms with E-state index in [4.69, 9.17) is 16.0 Å². The number of carbonyl (C=O) groups excluding carboxylic acids is 1. The van der Waals surface area contributed by atoms with Gasteiger partial charge in [-0.05, 0) is 29.8 Å². The molecule has 0 aliphatic heterocycles. The van der Waals surface area contributed by atoms with Crippen LogP contribution in [0.3, 0.4) is 0 Å². The third-order valence-corrected chi connectivity index (χ3v) is 3.24. The van der Waals surface area contributed by atoms with Crippen LogP contribution in [0.2, 0.25) is 5.02 Å². The van der Waals surface area contributed by atoms with Crippen LogP contribution in [0.4, 0.5) is 6.01 Å². The van der Waals surface area contributed by atoms with Gasteiger partial charge in [-0.25, -0.2) is 0 Å². The second kappa shape index (κ2) is 6.41. The van der Waals surface area contributed by atoms with Crippen LogP contribution in [0, 0.1) is 0 Å². The molecule has 5 nitrogen and oxygen atoms in total. The zero-order valence-corrected chi connectivity index (χ0v) is 12.2. The van der Waals surface area contributed by atoms with Crippen molar-refractivity contribution in [3.63, 3.8) is 0 Å². The van der Waals surface area contributed by atoms with Gasteiger partial charge < -0.3 is 4.42 Å². The number of nitrogens with zero attached hydrogens (tertiary/aromatic N) is 2. The topological polar surface area (TPSA) is 68.0 Å². The Morgan fingerprint density at radius 3 is 2.50 bits per heavy atom. The third-order valence-electron chi connectivity index (χ3n) is 2.99. The Morgan fingerprint density at radius 2 is 1.77 bits per heavy atom. The minimum atomic E-state index is -0.327. The average Bonchev–Trinajstić information content (AvgIpc) is 2.96. The fraction of sp³-hybridized carbons (Fsp3) is 0.0625. The van der Waals surface area contributed by atoms with E-state index in [9.17, 15) is 4.79 Å². The quantitative estimate of drug-likeness (QED) is 0.799. The molecule has 1 amide bonds. The van der Waals surface area contributed by atoms with Gasteiger partial charge in [0, 0.05) is 10.6 Å². The number of rotatable bonds is 4. The van der Waals surface area contributed by atoms with E-state index in [1.807, 2.05) is 30.3 Å². The van der Waals surface area contributed by atoms with E-state index in [0.29, 0.717) is 22.9 Å². The molecule has 2 aromatic carbocycles. The summed E-state index contributed by atoms with van der Waals surface area (Å²) < 4.78 is 5.42. The summed E-state index contributed by atoms with van der Waals surface area (Å²) in [5.74, 6) is 0.115. The second-order valence-electron chi connectivity index (χ2n) is 4.62. The number of carbonyl (C=O) groups is 1. The molecule has 0 fully saturated rings. The molecular formula is C16H12ClN3O2. The number of amides is 1. The van der Waals surface area contributed by atoms with Crippen LogP contribution < -0.4 is 5.32 Å². The normalized spacial score (nSPS) is 10.4. The zero-order chi connectivity index (χ0) is 15.4. The van der Waals surface area contributed by atoms with E-state index in [0.717, 1.165) is 5.56 Å². The molecule has 0 atom stereocenters. The summed E-state index contributed by atoms with van der Waals surface area (Å²) in [5, 5.41) is 10.9. The predicted octanol–water partition coefficient (Wildman–Crippen LogP) is 3.57. The minimum absolute atomic E-state index is 0.0749. The predicted molar refractivity (Wildman–Crippen MR) is 83.0 cm³/mol. The summed E-state index contributed by atoms with van der Waals surface area (Å²) in [7, 11) is 0. The number of anilines is 1. The maximum absolute atomic E-state index is 12.0. The molecule has 3 aromatic rings. The van der Waals surface area contributed by atoms with Crippen LogP contribution in [0.5, 0.6) is 0 Å². The van der Waals surface area contributed by atoms with Crippen molar-refractivity contribution in [1.29, 1.82) is 0 Å². The highest BCUT2D eigenvalue weighted by atomic mass is 35.5. The number of aromatic nitrogens is 2. The average molecular weight is 314 g/mol. The number of benzene rings is 2. The highest BCUT2D eigenvalue weighted by molar-refractivity contribution is 6.30. The number of hydrogen-bond donors (Lipinski definition) is 1. The Kier molecular flexibility index (Phi) is 4.16. The first-order valence-electron chi connectivity index (χ1n) is 6.64. The minimum Gasteiger partial charge on any atom is -0.407 e. The van der Waals surface area contributed by atoms with Gasteiger partial charge in [0.05, 0.1) is 6.42 Å². The maximum Gasteiger partial charge on any atom is 0.322 e. The molecule has 0 saturated heterocycles. The van der Waals surface area contributed by atoms with E-state index >= 15 is 0 Å². The highest BCUT2D eigenvalue weighted by Crippen LogP contribution is 2.14. The molecule has 0 radical (unpaired) electrons. The van der Waals surface area contributed by atoms with Gasteiger partial charge in [0.1, 0.15) is 0 Å². The Labute approximate surface area is 131 Å². The fourth-order valence-electron chi connectivity index (χ4n) is 1.92. The molecule has 3 rings (SSSR count). The van der Waals surface area contributed by atoms with Crippen LogP contribution in [0.1, 0.15) is 21.8 Å². The molecule has 0 unspecified atom stereocenters. The van der Waals surface area contributed by atoms with Gasteiger partial charge in [-0.3, -0.25) is 10.1 Å². The van der Waals surface area contributed by atoms with Crippen molar-refractivity contribution in [2.75, 3.05) is 5.32 Å². The van der Waals surface area contributed by atoms with E-state index in [1.54, 1.807) is 24.3 Å². The van der Waals surface area contributed by atoms with Gasteiger partial charge in [0.25, 0.3) is 5.91 Å². The van der Waals surface area contributed by atoms with Gasteiger partial charge in [-0.2, -0.15) is 0 Å². The fourth-order valence-corrected chi connectivity index (χ4v) is 2.04. The van der Waals surface area contributed by atoms with Crippen LogP contribution in [-0.4, -0.2) is 16.1 Å². The maximum atomic E-state index is 12.0. The van der Waals surface area contributed by atoms with Crippen LogP contribution in [-0.2, 0) is 6.42 Å². The molecule has 1 aromatic heterocycles. The first-order valence-corrected chi connectivity index (χ1v) is 7.02. The summed E-state index contributed by atoms with van der Waals surface area (Å²) in [4.78, 5) is 12.0. The van der Waals surface area contributed by atoms with Gasteiger partial charge in [0.15, 0.2) is 0 Å². The Balaban J connectivity index is 1.66. The largest absolute Gasteiger partial charge is 0.407 e. The van der Waals surface area contributed by atoms with E-state index in [-0.39, 0.29) is 11.9 Å². The molecular weight excluding hydrogens is 302 g/mol. The molecule has 22 heavy (non-hydrogen) atoms. The molecule has 110 valence electrons. The smallest absolute Gasteiger partial charge is 0.322 e. The highest BCUT2D eigenvalue weighted by Gasteiger charge is 2.11. The van der Waals surface area contributed by atoms with Crippen molar-refractivity contribution in [3.8, 4) is 0 Å².